The van der Waals surface area contributed by atoms with Crippen LogP contribution in [-0.4, -0.2) is 14.3 Å². The van der Waals surface area contributed by atoms with Crippen molar-refractivity contribution in [3.63, 3.8) is 0 Å². The Morgan fingerprint density at radius 1 is 1.08 bits per heavy atom. The first-order valence-corrected chi connectivity index (χ1v) is 9.12. The highest BCUT2D eigenvalue weighted by Gasteiger charge is 2.35. The van der Waals surface area contributed by atoms with Crippen LogP contribution in [0.2, 0.25) is 0 Å². The van der Waals surface area contributed by atoms with Gasteiger partial charge in [0, 0.05) is 12.6 Å². The molecule has 0 aromatic heterocycles. The van der Waals surface area contributed by atoms with Gasteiger partial charge in [0.1, 0.15) is 0 Å². The van der Waals surface area contributed by atoms with E-state index in [4.69, 9.17) is 0 Å². The summed E-state index contributed by atoms with van der Waals surface area (Å²) in [5, 5.41) is 2.24. The van der Waals surface area contributed by atoms with Gasteiger partial charge in [0.05, 0.1) is 16.1 Å². The van der Waals surface area contributed by atoms with Crippen molar-refractivity contribution in [2.24, 2.45) is 0 Å². The van der Waals surface area contributed by atoms with E-state index in [1.54, 1.807) is 12.1 Å². The summed E-state index contributed by atoms with van der Waals surface area (Å²) in [6.45, 7) is 3.05. The first kappa shape index (κ1) is 19.8. The molecule has 2 N–H and O–H groups in total. The first-order valence-electron chi connectivity index (χ1n) is 7.63. The highest BCUT2D eigenvalue weighted by Crippen LogP contribution is 2.37. The second-order valence-corrected chi connectivity index (χ2v) is 7.22. The van der Waals surface area contributed by atoms with Crippen LogP contribution in [0.5, 0.6) is 0 Å². The zero-order chi connectivity index (χ0) is 19.5. The molecule has 0 fully saturated rings. The van der Waals surface area contributed by atoms with Gasteiger partial charge >= 0.3 is 6.18 Å². The van der Waals surface area contributed by atoms with Gasteiger partial charge in [-0.05, 0) is 42.3 Å². The molecule has 0 bridgehead atoms. The Morgan fingerprint density at radius 3 is 2.19 bits per heavy atom. The number of benzene rings is 2. The number of anilines is 2. The van der Waals surface area contributed by atoms with Crippen LogP contribution in [0.15, 0.2) is 47.4 Å². The summed E-state index contributed by atoms with van der Waals surface area (Å²) < 4.78 is 66.6. The molecule has 0 spiro atoms. The molecule has 26 heavy (non-hydrogen) atoms. The Balaban J connectivity index is 2.41. The third kappa shape index (κ3) is 4.75. The number of amides is 1. The molecule has 0 aliphatic rings. The van der Waals surface area contributed by atoms with Crippen LogP contribution < -0.4 is 10.0 Å². The highest BCUT2D eigenvalue weighted by atomic mass is 32.2. The van der Waals surface area contributed by atoms with E-state index in [-0.39, 0.29) is 10.6 Å². The zero-order valence-electron chi connectivity index (χ0n) is 14.0. The minimum atomic E-state index is -4.81. The lowest BCUT2D eigenvalue weighted by Gasteiger charge is -2.16. The molecule has 2 aromatic carbocycles. The minimum absolute atomic E-state index is 0.0833. The van der Waals surface area contributed by atoms with Crippen LogP contribution in [0, 0.1) is 0 Å². The van der Waals surface area contributed by atoms with E-state index in [9.17, 15) is 26.4 Å². The summed E-state index contributed by atoms with van der Waals surface area (Å²) in [4.78, 5) is 10.9. The molecule has 0 aliphatic heterocycles. The van der Waals surface area contributed by atoms with Crippen LogP contribution in [0.4, 0.5) is 24.5 Å². The fourth-order valence-corrected chi connectivity index (χ4v) is 3.34. The summed E-state index contributed by atoms with van der Waals surface area (Å²) in [5.41, 5.74) is -0.997. The largest absolute Gasteiger partial charge is 0.418 e. The molecule has 2 aromatic rings. The number of carbonyl (C=O) groups is 1. The van der Waals surface area contributed by atoms with Gasteiger partial charge in [0.15, 0.2) is 0 Å². The number of alkyl halides is 3. The van der Waals surface area contributed by atoms with Gasteiger partial charge in [0.2, 0.25) is 5.91 Å². The monoisotopic (exact) mass is 386 g/mol. The number of rotatable bonds is 5. The van der Waals surface area contributed by atoms with E-state index in [1.807, 2.05) is 11.6 Å². The molecule has 0 heterocycles. The average Bonchev–Trinajstić information content (AvgIpc) is 2.54. The summed E-state index contributed by atoms with van der Waals surface area (Å²) in [6.07, 6.45) is -4.10. The van der Waals surface area contributed by atoms with Crippen molar-refractivity contribution in [2.45, 2.75) is 31.3 Å². The molecule has 0 saturated carbocycles. The number of carbonyl (C=O) groups excluding carboxylic acids is 1. The van der Waals surface area contributed by atoms with Crippen LogP contribution in [0.25, 0.3) is 0 Å². The maximum atomic E-state index is 13.3. The van der Waals surface area contributed by atoms with E-state index >= 15 is 0 Å². The molecule has 9 heteroatoms. The quantitative estimate of drug-likeness (QED) is 0.815. The van der Waals surface area contributed by atoms with E-state index in [0.29, 0.717) is 12.5 Å². The fraction of sp³-hybridized carbons (Fsp3) is 0.235. The second kappa shape index (κ2) is 7.36. The van der Waals surface area contributed by atoms with E-state index in [0.717, 1.165) is 18.6 Å². The Morgan fingerprint density at radius 2 is 1.69 bits per heavy atom. The Bertz CT molecular complexity index is 908. The summed E-state index contributed by atoms with van der Waals surface area (Å²) in [7, 11) is -4.19. The van der Waals surface area contributed by atoms with Crippen LogP contribution in [0.1, 0.15) is 25.0 Å². The predicted molar refractivity (Wildman–Crippen MR) is 92.4 cm³/mol. The third-order valence-corrected chi connectivity index (χ3v) is 4.91. The number of nitrogens with one attached hydrogen (secondary N) is 2. The lowest BCUT2D eigenvalue weighted by molar-refractivity contribution is -0.136. The summed E-state index contributed by atoms with van der Waals surface area (Å²) >= 11 is 0. The molecule has 140 valence electrons. The Labute approximate surface area is 149 Å². The van der Waals surface area contributed by atoms with Crippen molar-refractivity contribution in [3.05, 3.63) is 53.6 Å². The molecule has 2 rings (SSSR count). The average molecular weight is 386 g/mol. The fourth-order valence-electron chi connectivity index (χ4n) is 2.26. The standard InChI is InChI=1S/C17H17F3N2O3S/c1-3-12-4-7-14(8-5-12)26(24,25)22-16-9-6-13(21-11(2)23)10-15(16)17(18,19)20/h4-10,22H,3H2,1-2H3,(H,21,23). The summed E-state index contributed by atoms with van der Waals surface area (Å²) in [5.74, 6) is -0.539. The second-order valence-electron chi connectivity index (χ2n) is 5.54. The van der Waals surface area contributed by atoms with Crippen molar-refractivity contribution >= 4 is 27.3 Å². The van der Waals surface area contributed by atoms with Gasteiger partial charge < -0.3 is 5.32 Å². The van der Waals surface area contributed by atoms with Crippen molar-refractivity contribution < 1.29 is 26.4 Å². The van der Waals surface area contributed by atoms with Gasteiger partial charge in [-0.3, -0.25) is 9.52 Å². The maximum Gasteiger partial charge on any atom is 0.418 e. The van der Waals surface area contributed by atoms with Crippen molar-refractivity contribution in [3.8, 4) is 0 Å². The third-order valence-electron chi connectivity index (χ3n) is 3.53. The van der Waals surface area contributed by atoms with Gasteiger partial charge in [-0.2, -0.15) is 13.2 Å². The van der Waals surface area contributed by atoms with Crippen LogP contribution >= 0.6 is 0 Å². The molecule has 0 aliphatic carbocycles. The number of sulfonamides is 1. The van der Waals surface area contributed by atoms with Crippen LogP contribution in [-0.2, 0) is 27.4 Å². The Hall–Kier alpha value is -2.55. The molecule has 0 atom stereocenters. The molecule has 0 saturated heterocycles. The molecule has 0 unspecified atom stereocenters. The number of aryl methyl sites for hydroxylation is 1. The minimum Gasteiger partial charge on any atom is -0.326 e. The molecule has 0 radical (unpaired) electrons. The van der Waals surface area contributed by atoms with E-state index < -0.39 is 33.4 Å². The number of hydrogen-bond donors (Lipinski definition) is 2. The Kier molecular flexibility index (Phi) is 5.60. The van der Waals surface area contributed by atoms with Crippen molar-refractivity contribution in [1.82, 2.24) is 0 Å². The highest BCUT2D eigenvalue weighted by molar-refractivity contribution is 7.92. The topological polar surface area (TPSA) is 75.3 Å². The smallest absolute Gasteiger partial charge is 0.326 e. The predicted octanol–water partition coefficient (Wildman–Crippen LogP) is 4.03. The zero-order valence-corrected chi connectivity index (χ0v) is 14.8. The maximum absolute atomic E-state index is 13.3. The lowest BCUT2D eigenvalue weighted by atomic mass is 10.1. The van der Waals surface area contributed by atoms with Gasteiger partial charge in [-0.15, -0.1) is 0 Å². The van der Waals surface area contributed by atoms with E-state index in [2.05, 4.69) is 5.32 Å². The molecule has 1 amide bonds. The van der Waals surface area contributed by atoms with Gasteiger partial charge in [-0.25, -0.2) is 8.42 Å². The molecular weight excluding hydrogens is 369 g/mol. The molecule has 5 nitrogen and oxygen atoms in total. The lowest BCUT2D eigenvalue weighted by Crippen LogP contribution is -2.18. The van der Waals surface area contributed by atoms with Gasteiger partial charge in [0.25, 0.3) is 10.0 Å². The van der Waals surface area contributed by atoms with Crippen molar-refractivity contribution in [2.75, 3.05) is 10.0 Å². The van der Waals surface area contributed by atoms with Crippen LogP contribution in [0.3, 0.4) is 0 Å². The van der Waals surface area contributed by atoms with Gasteiger partial charge in [-0.1, -0.05) is 19.1 Å². The van der Waals surface area contributed by atoms with E-state index in [1.165, 1.54) is 18.2 Å². The number of halogens is 3. The molecular formula is C17H17F3N2O3S. The first-order chi connectivity index (χ1) is 12.0. The normalized spacial score (nSPS) is 11.9. The van der Waals surface area contributed by atoms with Crippen molar-refractivity contribution in [1.29, 1.82) is 0 Å². The SMILES string of the molecule is CCc1ccc(S(=O)(=O)Nc2ccc(NC(C)=O)cc2C(F)(F)F)cc1. The number of hydrogen-bond acceptors (Lipinski definition) is 3. The summed E-state index contributed by atoms with van der Waals surface area (Å²) in [6, 6.07) is 8.69.